The fourth-order valence-electron chi connectivity index (χ4n) is 3.33. The highest BCUT2D eigenvalue weighted by molar-refractivity contribution is 7.07. The number of aryl methyl sites for hydroxylation is 2. The third-order valence-corrected chi connectivity index (χ3v) is 5.34. The molecule has 1 aromatic heterocycles. The van der Waals surface area contributed by atoms with E-state index in [4.69, 9.17) is 9.47 Å². The first-order chi connectivity index (χ1) is 13.1. The lowest BCUT2D eigenvalue weighted by molar-refractivity contribution is -0.135. The van der Waals surface area contributed by atoms with Gasteiger partial charge in [-0.1, -0.05) is 17.7 Å². The third-order valence-electron chi connectivity index (χ3n) is 4.74. The summed E-state index contributed by atoms with van der Waals surface area (Å²) in [6.07, 6.45) is -0.587. The molecular formula is C21H20N2O3S. The van der Waals surface area contributed by atoms with Crippen molar-refractivity contribution in [1.82, 2.24) is 4.98 Å². The number of carbonyl (C=O) groups excluding carboxylic acids is 1. The Morgan fingerprint density at radius 1 is 1.11 bits per heavy atom. The van der Waals surface area contributed by atoms with Crippen LogP contribution in [0.5, 0.6) is 11.5 Å². The van der Waals surface area contributed by atoms with Gasteiger partial charge >= 0.3 is 0 Å². The number of benzene rings is 2. The van der Waals surface area contributed by atoms with Crippen LogP contribution in [0.25, 0.3) is 0 Å². The molecule has 1 amide bonds. The molecule has 1 fully saturated rings. The molecule has 1 aliphatic rings. The maximum Gasteiger partial charge on any atom is 0.271 e. The Bertz CT molecular complexity index is 954. The fraction of sp³-hybridized carbons (Fsp3) is 0.238. The summed E-state index contributed by atoms with van der Waals surface area (Å²) >= 11 is 1.51. The maximum absolute atomic E-state index is 13.0. The molecule has 0 N–H and O–H groups in total. The molecule has 2 atom stereocenters. The summed E-state index contributed by atoms with van der Waals surface area (Å²) in [4.78, 5) is 19.1. The molecule has 3 aromatic rings. The Labute approximate surface area is 162 Å². The second-order valence-electron chi connectivity index (χ2n) is 6.57. The van der Waals surface area contributed by atoms with Crippen LogP contribution in [0.2, 0.25) is 0 Å². The minimum absolute atomic E-state index is 0.0712. The van der Waals surface area contributed by atoms with Gasteiger partial charge in [0.25, 0.3) is 5.91 Å². The van der Waals surface area contributed by atoms with E-state index < -0.39 is 6.10 Å². The molecule has 0 saturated carbocycles. The van der Waals surface area contributed by atoms with Gasteiger partial charge < -0.3 is 9.47 Å². The Hall–Kier alpha value is -2.86. The monoisotopic (exact) mass is 380 g/mol. The number of hydrogen-bond acceptors (Lipinski definition) is 5. The second-order valence-corrected chi connectivity index (χ2v) is 7.29. The third kappa shape index (κ3) is 3.17. The van der Waals surface area contributed by atoms with Gasteiger partial charge in [-0.15, -0.1) is 11.3 Å². The average Bonchev–Trinajstić information content (AvgIpc) is 3.19. The van der Waals surface area contributed by atoms with Gasteiger partial charge in [0.1, 0.15) is 17.5 Å². The predicted molar refractivity (Wildman–Crippen MR) is 106 cm³/mol. The molecule has 1 saturated heterocycles. The molecule has 0 radical (unpaired) electrons. The normalized spacial score (nSPS) is 18.9. The largest absolute Gasteiger partial charge is 0.497 e. The van der Waals surface area contributed by atoms with E-state index in [2.05, 4.69) is 11.1 Å². The summed E-state index contributed by atoms with van der Waals surface area (Å²) < 4.78 is 11.3. The maximum atomic E-state index is 13.0. The first kappa shape index (κ1) is 17.5. The highest BCUT2D eigenvalue weighted by atomic mass is 32.1. The molecule has 2 aromatic carbocycles. The van der Waals surface area contributed by atoms with E-state index >= 15 is 0 Å². The van der Waals surface area contributed by atoms with E-state index in [1.807, 2.05) is 55.6 Å². The van der Waals surface area contributed by atoms with Crippen LogP contribution in [0, 0.1) is 13.8 Å². The number of methoxy groups -OCH3 is 1. The first-order valence-corrected chi connectivity index (χ1v) is 9.62. The Balaban J connectivity index is 1.65. The molecule has 138 valence electrons. The molecule has 0 aliphatic carbocycles. The van der Waals surface area contributed by atoms with Crippen molar-refractivity contribution in [3.05, 3.63) is 70.2 Å². The summed E-state index contributed by atoms with van der Waals surface area (Å²) in [5.41, 5.74) is 5.60. The molecule has 0 unspecified atom stereocenters. The SMILES string of the molecule is COc1ccc(N2C(=O)[C@@H](Oc3ccc(C)cc3C)[C@H]2c2cscn2)cc1. The van der Waals surface area contributed by atoms with E-state index in [0.29, 0.717) is 0 Å². The van der Waals surface area contributed by atoms with Gasteiger partial charge in [-0.25, -0.2) is 4.98 Å². The molecular weight excluding hydrogens is 360 g/mol. The zero-order chi connectivity index (χ0) is 19.0. The summed E-state index contributed by atoms with van der Waals surface area (Å²) in [6, 6.07) is 13.2. The van der Waals surface area contributed by atoms with E-state index in [-0.39, 0.29) is 11.9 Å². The van der Waals surface area contributed by atoms with E-state index in [9.17, 15) is 4.79 Å². The first-order valence-electron chi connectivity index (χ1n) is 8.67. The average molecular weight is 380 g/mol. The molecule has 6 heteroatoms. The molecule has 2 heterocycles. The number of aromatic nitrogens is 1. The van der Waals surface area contributed by atoms with Gasteiger partial charge in [-0.2, -0.15) is 0 Å². The Kier molecular flexibility index (Phi) is 4.58. The number of β-lactam (4-membered cyclic amide) rings is 1. The van der Waals surface area contributed by atoms with Crippen LogP contribution in [0.15, 0.2) is 53.4 Å². The zero-order valence-electron chi connectivity index (χ0n) is 15.4. The van der Waals surface area contributed by atoms with Crippen molar-refractivity contribution in [3.8, 4) is 11.5 Å². The van der Waals surface area contributed by atoms with Gasteiger partial charge in [0.2, 0.25) is 6.10 Å². The minimum atomic E-state index is -0.587. The van der Waals surface area contributed by atoms with Crippen LogP contribution < -0.4 is 14.4 Å². The minimum Gasteiger partial charge on any atom is -0.497 e. The van der Waals surface area contributed by atoms with Gasteiger partial charge in [0.05, 0.1) is 18.3 Å². The van der Waals surface area contributed by atoms with Crippen molar-refractivity contribution in [1.29, 1.82) is 0 Å². The van der Waals surface area contributed by atoms with Crippen LogP contribution in [0.1, 0.15) is 22.9 Å². The number of anilines is 1. The Morgan fingerprint density at radius 3 is 2.52 bits per heavy atom. The van der Waals surface area contributed by atoms with E-state index in [1.54, 1.807) is 17.5 Å². The van der Waals surface area contributed by atoms with E-state index in [0.717, 1.165) is 34.0 Å². The van der Waals surface area contributed by atoms with E-state index in [1.165, 1.54) is 11.3 Å². The lowest BCUT2D eigenvalue weighted by Crippen LogP contribution is -2.61. The lowest BCUT2D eigenvalue weighted by atomic mass is 9.93. The number of rotatable bonds is 5. The van der Waals surface area contributed by atoms with Gasteiger partial charge in [-0.05, 0) is 49.7 Å². The molecule has 0 bridgehead atoms. The van der Waals surface area contributed by atoms with Crippen molar-refractivity contribution >= 4 is 22.9 Å². The van der Waals surface area contributed by atoms with Gasteiger partial charge in [0.15, 0.2) is 0 Å². The summed E-state index contributed by atoms with van der Waals surface area (Å²) in [7, 11) is 1.62. The quantitative estimate of drug-likeness (QED) is 0.619. The number of thiazole rings is 1. The number of ether oxygens (including phenoxy) is 2. The number of hydrogen-bond donors (Lipinski definition) is 0. The number of carbonyl (C=O) groups is 1. The summed E-state index contributed by atoms with van der Waals surface area (Å²) in [5.74, 6) is 1.41. The lowest BCUT2D eigenvalue weighted by Gasteiger charge is -2.45. The molecule has 4 rings (SSSR count). The Morgan fingerprint density at radius 2 is 1.89 bits per heavy atom. The second kappa shape index (κ2) is 7.04. The van der Waals surface area contributed by atoms with Crippen LogP contribution in [-0.2, 0) is 4.79 Å². The fourth-order valence-corrected chi connectivity index (χ4v) is 3.91. The smallest absolute Gasteiger partial charge is 0.271 e. The number of nitrogens with zero attached hydrogens (tertiary/aromatic N) is 2. The molecule has 0 spiro atoms. The van der Waals surface area contributed by atoms with Gasteiger partial charge in [-0.3, -0.25) is 9.69 Å². The van der Waals surface area contributed by atoms with Crippen LogP contribution in [0.3, 0.4) is 0 Å². The molecule has 5 nitrogen and oxygen atoms in total. The van der Waals surface area contributed by atoms with Crippen LogP contribution in [-0.4, -0.2) is 24.1 Å². The molecule has 27 heavy (non-hydrogen) atoms. The highest BCUT2D eigenvalue weighted by Crippen LogP contribution is 2.41. The van der Waals surface area contributed by atoms with Crippen molar-refractivity contribution in [2.24, 2.45) is 0 Å². The van der Waals surface area contributed by atoms with Gasteiger partial charge in [0, 0.05) is 11.1 Å². The van der Waals surface area contributed by atoms with Crippen molar-refractivity contribution in [2.45, 2.75) is 26.0 Å². The number of amides is 1. The predicted octanol–water partition coefficient (Wildman–Crippen LogP) is 4.30. The van der Waals surface area contributed by atoms with Crippen LogP contribution >= 0.6 is 11.3 Å². The van der Waals surface area contributed by atoms with Crippen molar-refractivity contribution in [2.75, 3.05) is 12.0 Å². The standard InChI is InChI=1S/C21H20N2O3S/c1-13-4-9-18(14(2)10-13)26-20-19(17-11-27-12-22-17)23(21(20)24)15-5-7-16(25-3)8-6-15/h4-12,19-20H,1-3H3/t19-,20+/m1/s1. The summed E-state index contributed by atoms with van der Waals surface area (Å²) in [5, 5.41) is 1.96. The summed E-state index contributed by atoms with van der Waals surface area (Å²) in [6.45, 7) is 4.03. The zero-order valence-corrected chi connectivity index (χ0v) is 16.2. The van der Waals surface area contributed by atoms with Crippen molar-refractivity contribution < 1.29 is 14.3 Å². The molecule has 1 aliphatic heterocycles. The highest BCUT2D eigenvalue weighted by Gasteiger charge is 2.52. The topological polar surface area (TPSA) is 51.7 Å². The van der Waals surface area contributed by atoms with Crippen molar-refractivity contribution in [3.63, 3.8) is 0 Å². The van der Waals surface area contributed by atoms with Crippen LogP contribution in [0.4, 0.5) is 5.69 Å².